The summed E-state index contributed by atoms with van der Waals surface area (Å²) in [4.78, 5) is 0. The fourth-order valence-corrected chi connectivity index (χ4v) is 3.11. The first-order valence-electron chi connectivity index (χ1n) is 7.02. The van der Waals surface area contributed by atoms with Crippen LogP contribution in [0, 0.1) is 6.92 Å². The summed E-state index contributed by atoms with van der Waals surface area (Å²) in [6.07, 6.45) is 5.30. The van der Waals surface area contributed by atoms with Crippen molar-refractivity contribution in [2.24, 2.45) is 0 Å². The maximum Gasteiger partial charge on any atom is 0.0876 e. The van der Waals surface area contributed by atoms with E-state index in [1.807, 2.05) is 6.26 Å². The van der Waals surface area contributed by atoms with E-state index in [1.165, 1.54) is 21.2 Å². The predicted octanol–water partition coefficient (Wildman–Crippen LogP) is 4.49. The molecule has 1 N–H and O–H groups in total. The topological polar surface area (TPSA) is 21.3 Å². The van der Waals surface area contributed by atoms with Crippen LogP contribution in [0.2, 0.25) is 0 Å². The molecule has 1 atom stereocenters. The van der Waals surface area contributed by atoms with Crippen LogP contribution in [-0.2, 0) is 4.74 Å². The summed E-state index contributed by atoms with van der Waals surface area (Å²) < 4.78 is 6.68. The first-order valence-corrected chi connectivity index (χ1v) is 7.81. The molecule has 19 heavy (non-hydrogen) atoms. The van der Waals surface area contributed by atoms with E-state index in [2.05, 4.69) is 53.3 Å². The van der Waals surface area contributed by atoms with Gasteiger partial charge in [0.2, 0.25) is 0 Å². The molecule has 2 rings (SSSR count). The Morgan fingerprint density at radius 2 is 2.26 bits per heavy atom. The summed E-state index contributed by atoms with van der Waals surface area (Å²) in [5.74, 6) is 0. The number of ether oxygens (including phenoxy) is 1. The van der Waals surface area contributed by atoms with E-state index in [4.69, 9.17) is 4.74 Å². The van der Waals surface area contributed by atoms with Crippen molar-refractivity contribution < 1.29 is 4.74 Å². The van der Waals surface area contributed by atoms with Gasteiger partial charge in [-0.1, -0.05) is 35.0 Å². The van der Waals surface area contributed by atoms with Gasteiger partial charge in [0.15, 0.2) is 0 Å². The molecule has 0 amide bonds. The average Bonchev–Trinajstić information content (AvgIpc) is 2.42. The summed E-state index contributed by atoms with van der Waals surface area (Å²) in [6.45, 7) is 6.17. The maximum absolute atomic E-state index is 5.51. The van der Waals surface area contributed by atoms with E-state index in [1.54, 1.807) is 0 Å². The van der Waals surface area contributed by atoms with Gasteiger partial charge in [-0.15, -0.1) is 0 Å². The van der Waals surface area contributed by atoms with E-state index in [-0.39, 0.29) is 6.04 Å². The van der Waals surface area contributed by atoms with Crippen molar-refractivity contribution in [1.29, 1.82) is 0 Å². The van der Waals surface area contributed by atoms with E-state index in [0.717, 1.165) is 32.4 Å². The molecule has 0 bridgehead atoms. The van der Waals surface area contributed by atoms with E-state index in [9.17, 15) is 0 Å². The lowest BCUT2D eigenvalue weighted by atomic mass is 9.94. The first-order chi connectivity index (χ1) is 9.22. The highest BCUT2D eigenvalue weighted by atomic mass is 79.9. The van der Waals surface area contributed by atoms with Gasteiger partial charge >= 0.3 is 0 Å². The van der Waals surface area contributed by atoms with Crippen molar-refractivity contribution in [3.8, 4) is 0 Å². The van der Waals surface area contributed by atoms with Crippen LogP contribution < -0.4 is 5.32 Å². The molecule has 1 aromatic carbocycles. The lowest BCUT2D eigenvalue weighted by molar-refractivity contribution is 0.219. The summed E-state index contributed by atoms with van der Waals surface area (Å²) in [5, 5.41) is 3.64. The lowest BCUT2D eigenvalue weighted by Gasteiger charge is -2.25. The highest BCUT2D eigenvalue weighted by Crippen LogP contribution is 2.32. The van der Waals surface area contributed by atoms with Gasteiger partial charge in [0.1, 0.15) is 0 Å². The van der Waals surface area contributed by atoms with Gasteiger partial charge in [-0.25, -0.2) is 0 Å². The van der Waals surface area contributed by atoms with Crippen LogP contribution in [0.15, 0.2) is 34.5 Å². The van der Waals surface area contributed by atoms with Gasteiger partial charge < -0.3 is 10.1 Å². The second kappa shape index (κ2) is 7.11. The highest BCUT2D eigenvalue weighted by Gasteiger charge is 2.20. The van der Waals surface area contributed by atoms with Crippen LogP contribution in [0.4, 0.5) is 0 Å². The largest absolute Gasteiger partial charge is 0.501 e. The minimum atomic E-state index is 0.259. The van der Waals surface area contributed by atoms with Gasteiger partial charge in [0.25, 0.3) is 0 Å². The van der Waals surface area contributed by atoms with Gasteiger partial charge in [0.05, 0.1) is 18.9 Å². The average molecular weight is 324 g/mol. The van der Waals surface area contributed by atoms with Crippen LogP contribution in [0.25, 0.3) is 0 Å². The molecule has 0 aromatic heterocycles. The molecule has 104 valence electrons. The van der Waals surface area contributed by atoms with Crippen molar-refractivity contribution in [3.05, 3.63) is 45.6 Å². The third-order valence-corrected chi connectivity index (χ3v) is 4.09. The minimum Gasteiger partial charge on any atom is -0.501 e. The Morgan fingerprint density at radius 3 is 2.89 bits per heavy atom. The van der Waals surface area contributed by atoms with Crippen molar-refractivity contribution >= 4 is 15.9 Å². The Kier molecular flexibility index (Phi) is 5.46. The molecule has 0 saturated heterocycles. The molecule has 2 nitrogen and oxygen atoms in total. The van der Waals surface area contributed by atoms with Crippen LogP contribution >= 0.6 is 15.9 Å². The Hall–Kier alpha value is -0.800. The monoisotopic (exact) mass is 323 g/mol. The van der Waals surface area contributed by atoms with Crippen molar-refractivity contribution in [3.63, 3.8) is 0 Å². The second-order valence-corrected chi connectivity index (χ2v) is 5.93. The Morgan fingerprint density at radius 1 is 1.42 bits per heavy atom. The molecule has 0 spiro atoms. The molecular weight excluding hydrogens is 302 g/mol. The number of benzene rings is 1. The lowest BCUT2D eigenvalue weighted by Crippen LogP contribution is -2.25. The van der Waals surface area contributed by atoms with Crippen molar-refractivity contribution in [2.75, 3.05) is 13.2 Å². The molecule has 0 fully saturated rings. The molecule has 1 unspecified atom stereocenters. The molecule has 0 aliphatic carbocycles. The van der Waals surface area contributed by atoms with E-state index in [0.29, 0.717) is 0 Å². The van der Waals surface area contributed by atoms with Gasteiger partial charge in [0, 0.05) is 4.47 Å². The van der Waals surface area contributed by atoms with E-state index >= 15 is 0 Å². The quantitative estimate of drug-likeness (QED) is 0.861. The highest BCUT2D eigenvalue weighted by molar-refractivity contribution is 9.10. The number of aryl methyl sites for hydroxylation is 1. The molecule has 1 heterocycles. The van der Waals surface area contributed by atoms with E-state index < -0.39 is 0 Å². The Bertz CT molecular complexity index is 456. The fraction of sp³-hybridized carbons (Fsp3) is 0.500. The van der Waals surface area contributed by atoms with Gasteiger partial charge in [-0.05, 0) is 55.5 Å². The number of rotatable bonds is 5. The van der Waals surface area contributed by atoms with Gasteiger partial charge in [-0.2, -0.15) is 0 Å². The molecule has 0 saturated carbocycles. The zero-order chi connectivity index (χ0) is 13.7. The summed E-state index contributed by atoms with van der Waals surface area (Å²) in [6, 6.07) is 6.82. The molecular formula is C16H22BrNO. The zero-order valence-electron chi connectivity index (χ0n) is 11.7. The van der Waals surface area contributed by atoms with Gasteiger partial charge in [-0.3, -0.25) is 0 Å². The van der Waals surface area contributed by atoms with Crippen molar-refractivity contribution in [2.45, 2.75) is 39.2 Å². The van der Waals surface area contributed by atoms with Crippen LogP contribution in [0.3, 0.4) is 0 Å². The summed E-state index contributed by atoms with van der Waals surface area (Å²) in [7, 11) is 0. The molecule has 0 radical (unpaired) electrons. The number of hydrogen-bond acceptors (Lipinski definition) is 2. The minimum absolute atomic E-state index is 0.259. The third-order valence-electron chi connectivity index (χ3n) is 3.40. The third kappa shape index (κ3) is 3.83. The second-order valence-electron chi connectivity index (χ2n) is 5.08. The Balaban J connectivity index is 2.27. The Labute approximate surface area is 124 Å². The number of nitrogens with one attached hydrogen (secondary N) is 1. The molecule has 1 aromatic rings. The predicted molar refractivity (Wildman–Crippen MR) is 83.2 cm³/mol. The van der Waals surface area contributed by atoms with Crippen LogP contribution in [-0.4, -0.2) is 13.2 Å². The fourth-order valence-electron chi connectivity index (χ4n) is 2.39. The normalized spacial score (nSPS) is 16.7. The molecule has 1 aliphatic rings. The SMILES string of the molecule is CCCNC(C1=COCCC1)c1ccc(C)cc1Br. The first kappa shape index (κ1) is 14.6. The molecule has 3 heteroatoms. The standard InChI is InChI=1S/C16H22BrNO/c1-3-8-18-16(13-5-4-9-19-11-13)14-7-6-12(2)10-15(14)17/h6-7,10-11,16,18H,3-5,8-9H2,1-2H3. The smallest absolute Gasteiger partial charge is 0.0876 e. The summed E-state index contributed by atoms with van der Waals surface area (Å²) in [5.41, 5.74) is 3.93. The molecule has 1 aliphatic heterocycles. The maximum atomic E-state index is 5.51. The number of halogens is 1. The van der Waals surface area contributed by atoms with Crippen LogP contribution in [0.5, 0.6) is 0 Å². The van der Waals surface area contributed by atoms with Crippen LogP contribution in [0.1, 0.15) is 43.4 Å². The summed E-state index contributed by atoms with van der Waals surface area (Å²) >= 11 is 3.70. The number of hydrogen-bond donors (Lipinski definition) is 1. The van der Waals surface area contributed by atoms with Crippen molar-refractivity contribution in [1.82, 2.24) is 5.32 Å². The zero-order valence-corrected chi connectivity index (χ0v) is 13.3.